The van der Waals surface area contributed by atoms with Gasteiger partial charge in [0.2, 0.25) is 0 Å². The Morgan fingerprint density at radius 1 is 1.64 bits per heavy atom. The van der Waals surface area contributed by atoms with Crippen LogP contribution in [-0.2, 0) is 0 Å². The molecular formula is C11H16N2S. The predicted molar refractivity (Wildman–Crippen MR) is 61.3 cm³/mol. The van der Waals surface area contributed by atoms with Crippen molar-refractivity contribution in [2.24, 2.45) is 11.7 Å². The first-order valence-electron chi connectivity index (χ1n) is 5.03. The van der Waals surface area contributed by atoms with Gasteiger partial charge in [-0.05, 0) is 48.0 Å². The number of thioether (sulfide) groups is 1. The number of hydrogen-bond donors (Lipinski definition) is 1. The topological polar surface area (TPSA) is 38.9 Å². The van der Waals surface area contributed by atoms with Crippen LogP contribution in [0.4, 0.5) is 0 Å². The van der Waals surface area contributed by atoms with Gasteiger partial charge in [0.25, 0.3) is 0 Å². The summed E-state index contributed by atoms with van der Waals surface area (Å²) in [6, 6.07) is 2.22. The third-order valence-electron chi connectivity index (χ3n) is 2.91. The Labute approximate surface area is 89.3 Å². The van der Waals surface area contributed by atoms with E-state index in [0.717, 1.165) is 0 Å². The van der Waals surface area contributed by atoms with E-state index in [1.165, 1.54) is 29.1 Å². The molecule has 0 spiro atoms. The average Bonchev–Trinajstić information content (AvgIpc) is 2.70. The molecule has 1 aromatic rings. The molecular weight excluding hydrogens is 192 g/mol. The molecule has 1 aromatic heterocycles. The summed E-state index contributed by atoms with van der Waals surface area (Å²) in [7, 11) is 0. The molecule has 2 N–H and O–H groups in total. The van der Waals surface area contributed by atoms with Crippen LogP contribution < -0.4 is 5.73 Å². The van der Waals surface area contributed by atoms with Crippen molar-refractivity contribution in [2.45, 2.75) is 19.4 Å². The van der Waals surface area contributed by atoms with E-state index in [1.807, 2.05) is 30.2 Å². The van der Waals surface area contributed by atoms with Gasteiger partial charge in [-0.15, -0.1) is 0 Å². The van der Waals surface area contributed by atoms with E-state index in [2.05, 4.69) is 11.9 Å². The van der Waals surface area contributed by atoms with Gasteiger partial charge in [-0.2, -0.15) is 11.8 Å². The van der Waals surface area contributed by atoms with Crippen LogP contribution in [-0.4, -0.2) is 16.5 Å². The first kappa shape index (κ1) is 9.99. The second-order valence-electron chi connectivity index (χ2n) is 3.88. The highest BCUT2D eigenvalue weighted by molar-refractivity contribution is 7.99. The maximum absolute atomic E-state index is 6.25. The van der Waals surface area contributed by atoms with Gasteiger partial charge in [-0.25, -0.2) is 0 Å². The van der Waals surface area contributed by atoms with E-state index >= 15 is 0 Å². The van der Waals surface area contributed by atoms with Crippen LogP contribution >= 0.6 is 11.8 Å². The molecule has 0 saturated carbocycles. The van der Waals surface area contributed by atoms with Crippen molar-refractivity contribution < 1.29 is 0 Å². The number of pyridine rings is 1. The molecule has 2 nitrogen and oxygen atoms in total. The highest BCUT2D eigenvalue weighted by Gasteiger charge is 2.24. The lowest BCUT2D eigenvalue weighted by molar-refractivity contribution is 0.479. The molecule has 2 rings (SSSR count). The van der Waals surface area contributed by atoms with Crippen molar-refractivity contribution in [3.8, 4) is 0 Å². The molecule has 0 bridgehead atoms. The van der Waals surface area contributed by atoms with Crippen molar-refractivity contribution in [3.63, 3.8) is 0 Å². The fourth-order valence-corrected chi connectivity index (χ4v) is 3.23. The lowest BCUT2D eigenvalue weighted by atomic mass is 9.92. The molecule has 1 saturated heterocycles. The van der Waals surface area contributed by atoms with E-state index < -0.39 is 0 Å². The van der Waals surface area contributed by atoms with Crippen LogP contribution in [0.25, 0.3) is 0 Å². The summed E-state index contributed by atoms with van der Waals surface area (Å²) in [6.07, 6.45) is 5.00. The van der Waals surface area contributed by atoms with Crippen molar-refractivity contribution in [1.29, 1.82) is 0 Å². The number of nitrogens with zero attached hydrogens (tertiary/aromatic N) is 1. The van der Waals surface area contributed by atoms with Gasteiger partial charge < -0.3 is 5.73 Å². The van der Waals surface area contributed by atoms with Crippen LogP contribution in [0.2, 0.25) is 0 Å². The maximum Gasteiger partial charge on any atom is 0.0349 e. The van der Waals surface area contributed by atoms with Gasteiger partial charge in [0, 0.05) is 18.4 Å². The number of nitrogens with two attached hydrogens (primary N) is 1. The SMILES string of the molecule is Cc1ccncc1C(N)C1CCSC1. The minimum atomic E-state index is 0.179. The molecule has 0 aromatic carbocycles. The zero-order chi connectivity index (χ0) is 9.97. The minimum Gasteiger partial charge on any atom is -0.324 e. The standard InChI is InChI=1S/C11H16N2S/c1-8-2-4-13-6-10(8)11(12)9-3-5-14-7-9/h2,4,6,9,11H,3,5,7,12H2,1H3. The molecule has 1 aliphatic rings. The summed E-state index contributed by atoms with van der Waals surface area (Å²) < 4.78 is 0. The molecule has 2 heterocycles. The molecule has 1 fully saturated rings. The average molecular weight is 208 g/mol. The van der Waals surface area contributed by atoms with Crippen LogP contribution in [0.1, 0.15) is 23.6 Å². The van der Waals surface area contributed by atoms with E-state index in [0.29, 0.717) is 5.92 Å². The lowest BCUT2D eigenvalue weighted by Crippen LogP contribution is -2.22. The van der Waals surface area contributed by atoms with Crippen LogP contribution in [0.3, 0.4) is 0 Å². The highest BCUT2D eigenvalue weighted by Crippen LogP contribution is 2.33. The van der Waals surface area contributed by atoms with Gasteiger partial charge in [0.1, 0.15) is 0 Å². The number of aryl methyl sites for hydroxylation is 1. The predicted octanol–water partition coefficient (Wildman–Crippen LogP) is 2.14. The van der Waals surface area contributed by atoms with Gasteiger partial charge in [0.05, 0.1) is 0 Å². The molecule has 3 heteroatoms. The second kappa shape index (κ2) is 4.32. The first-order chi connectivity index (χ1) is 6.79. The summed E-state index contributed by atoms with van der Waals surface area (Å²) in [5.41, 5.74) is 8.74. The van der Waals surface area contributed by atoms with E-state index in [4.69, 9.17) is 5.73 Å². The third-order valence-corrected chi connectivity index (χ3v) is 4.10. The van der Waals surface area contributed by atoms with Gasteiger partial charge >= 0.3 is 0 Å². The summed E-state index contributed by atoms with van der Waals surface area (Å²) in [4.78, 5) is 4.15. The zero-order valence-electron chi connectivity index (χ0n) is 8.44. The van der Waals surface area contributed by atoms with Crippen molar-refractivity contribution >= 4 is 11.8 Å². The van der Waals surface area contributed by atoms with Crippen molar-refractivity contribution in [1.82, 2.24) is 4.98 Å². The number of rotatable bonds is 2. The smallest absolute Gasteiger partial charge is 0.0349 e. The van der Waals surface area contributed by atoms with Gasteiger partial charge in [0.15, 0.2) is 0 Å². The first-order valence-corrected chi connectivity index (χ1v) is 6.18. The summed E-state index contributed by atoms with van der Waals surface area (Å²) >= 11 is 2.01. The van der Waals surface area contributed by atoms with Crippen LogP contribution in [0.5, 0.6) is 0 Å². The van der Waals surface area contributed by atoms with Crippen LogP contribution in [0.15, 0.2) is 18.5 Å². The molecule has 0 aliphatic carbocycles. The third kappa shape index (κ3) is 1.93. The monoisotopic (exact) mass is 208 g/mol. The van der Waals surface area contributed by atoms with Crippen molar-refractivity contribution in [3.05, 3.63) is 29.6 Å². The van der Waals surface area contributed by atoms with E-state index in [9.17, 15) is 0 Å². The molecule has 14 heavy (non-hydrogen) atoms. The Morgan fingerprint density at radius 3 is 3.14 bits per heavy atom. The fraction of sp³-hybridized carbons (Fsp3) is 0.545. The Kier molecular flexibility index (Phi) is 3.08. The Bertz CT molecular complexity index is 308. The van der Waals surface area contributed by atoms with E-state index in [-0.39, 0.29) is 6.04 Å². The van der Waals surface area contributed by atoms with Crippen LogP contribution in [0, 0.1) is 12.8 Å². The largest absolute Gasteiger partial charge is 0.324 e. The molecule has 0 amide bonds. The minimum absolute atomic E-state index is 0.179. The highest BCUT2D eigenvalue weighted by atomic mass is 32.2. The Hall–Kier alpha value is -0.540. The molecule has 76 valence electrons. The maximum atomic E-state index is 6.25. The van der Waals surface area contributed by atoms with Gasteiger partial charge in [-0.1, -0.05) is 0 Å². The zero-order valence-corrected chi connectivity index (χ0v) is 9.26. The summed E-state index contributed by atoms with van der Waals surface area (Å²) in [6.45, 7) is 2.11. The molecule has 2 unspecified atom stereocenters. The Morgan fingerprint density at radius 2 is 2.50 bits per heavy atom. The second-order valence-corrected chi connectivity index (χ2v) is 5.03. The summed E-state index contributed by atoms with van der Waals surface area (Å²) in [5, 5.41) is 0. The van der Waals surface area contributed by atoms with Gasteiger partial charge in [-0.3, -0.25) is 4.98 Å². The van der Waals surface area contributed by atoms with E-state index in [1.54, 1.807) is 0 Å². The summed E-state index contributed by atoms with van der Waals surface area (Å²) in [5.74, 6) is 3.11. The number of hydrogen-bond acceptors (Lipinski definition) is 3. The number of aromatic nitrogens is 1. The fourth-order valence-electron chi connectivity index (χ4n) is 1.92. The quantitative estimate of drug-likeness (QED) is 0.809. The molecule has 0 radical (unpaired) electrons. The Balaban J connectivity index is 2.17. The lowest BCUT2D eigenvalue weighted by Gasteiger charge is -2.19. The normalized spacial score (nSPS) is 23.7. The van der Waals surface area contributed by atoms with Crippen molar-refractivity contribution in [2.75, 3.05) is 11.5 Å². The molecule has 2 atom stereocenters. The molecule has 1 aliphatic heterocycles.